The van der Waals surface area contributed by atoms with Crippen LogP contribution in [-0.2, 0) is 0 Å². The summed E-state index contributed by atoms with van der Waals surface area (Å²) in [6.07, 6.45) is 5.89. The first-order valence-corrected chi connectivity index (χ1v) is 8.08. The lowest BCUT2D eigenvalue weighted by Gasteiger charge is -2.30. The number of aromatic nitrogens is 4. The van der Waals surface area contributed by atoms with Crippen LogP contribution in [0.25, 0.3) is 16.9 Å². The van der Waals surface area contributed by atoms with Crippen LogP contribution >= 0.6 is 0 Å². The molecular formula is C17H19N5O2. The Labute approximate surface area is 139 Å². The summed E-state index contributed by atoms with van der Waals surface area (Å²) in [6, 6.07) is 7.74. The molecule has 3 aromatic heterocycles. The van der Waals surface area contributed by atoms with Crippen molar-refractivity contribution in [2.75, 3.05) is 5.32 Å². The summed E-state index contributed by atoms with van der Waals surface area (Å²) in [7, 11) is 0. The van der Waals surface area contributed by atoms with Gasteiger partial charge in [0.15, 0.2) is 5.65 Å². The van der Waals surface area contributed by atoms with Crippen LogP contribution in [0.1, 0.15) is 19.3 Å². The lowest BCUT2D eigenvalue weighted by atomic mass is 9.90. The molecule has 0 saturated heterocycles. The third-order valence-electron chi connectivity index (χ3n) is 4.47. The average Bonchev–Trinajstić information content (AvgIpc) is 3.02. The number of aliphatic hydroxyl groups excluding tert-OH is 2. The minimum absolute atomic E-state index is 0.0984. The van der Waals surface area contributed by atoms with Crippen LogP contribution in [-0.4, -0.2) is 48.0 Å². The topological polar surface area (TPSA) is 95.6 Å². The van der Waals surface area contributed by atoms with Gasteiger partial charge in [-0.05, 0) is 43.5 Å². The minimum atomic E-state index is -0.680. The van der Waals surface area contributed by atoms with E-state index in [1.807, 2.05) is 24.3 Å². The molecule has 0 amide bonds. The van der Waals surface area contributed by atoms with Gasteiger partial charge in [0.2, 0.25) is 0 Å². The van der Waals surface area contributed by atoms with Gasteiger partial charge in [0.05, 0.1) is 24.1 Å². The van der Waals surface area contributed by atoms with Crippen LogP contribution in [0.5, 0.6) is 0 Å². The normalized spacial score (nSPS) is 24.2. The molecule has 124 valence electrons. The average molecular weight is 325 g/mol. The number of nitrogens with one attached hydrogen (secondary N) is 1. The Morgan fingerprint density at radius 3 is 2.67 bits per heavy atom. The minimum Gasteiger partial charge on any atom is -0.390 e. The lowest BCUT2D eigenvalue weighted by molar-refractivity contribution is -0.0120. The van der Waals surface area contributed by atoms with E-state index in [0.717, 1.165) is 29.1 Å². The molecule has 0 bridgehead atoms. The number of nitrogens with zero attached hydrogens (tertiary/aromatic N) is 4. The second-order valence-electron chi connectivity index (χ2n) is 6.16. The Morgan fingerprint density at radius 2 is 1.88 bits per heavy atom. The zero-order chi connectivity index (χ0) is 16.5. The second kappa shape index (κ2) is 6.18. The highest BCUT2D eigenvalue weighted by Gasteiger charge is 2.27. The molecule has 7 heteroatoms. The summed E-state index contributed by atoms with van der Waals surface area (Å²) in [6.45, 7) is 0. The van der Waals surface area contributed by atoms with E-state index < -0.39 is 12.2 Å². The lowest BCUT2D eigenvalue weighted by Crippen LogP contribution is -2.39. The van der Waals surface area contributed by atoms with E-state index in [9.17, 15) is 10.2 Å². The Morgan fingerprint density at radius 1 is 1.04 bits per heavy atom. The Hall–Kier alpha value is -2.51. The summed E-state index contributed by atoms with van der Waals surface area (Å²) in [4.78, 5) is 8.42. The van der Waals surface area contributed by atoms with E-state index >= 15 is 0 Å². The maximum atomic E-state index is 9.83. The van der Waals surface area contributed by atoms with Gasteiger partial charge in [-0.1, -0.05) is 0 Å². The predicted octanol–water partition coefficient (Wildman–Crippen LogP) is 1.48. The molecule has 3 aromatic rings. The summed E-state index contributed by atoms with van der Waals surface area (Å²) in [5, 5.41) is 27.4. The fourth-order valence-electron chi connectivity index (χ4n) is 3.14. The van der Waals surface area contributed by atoms with Gasteiger partial charge in [0.1, 0.15) is 5.82 Å². The number of hydrogen-bond donors (Lipinski definition) is 3. The molecule has 0 radical (unpaired) electrons. The summed E-state index contributed by atoms with van der Waals surface area (Å²) >= 11 is 0. The zero-order valence-corrected chi connectivity index (χ0v) is 13.1. The smallest absolute Gasteiger partial charge is 0.154 e. The van der Waals surface area contributed by atoms with Crippen LogP contribution in [0.4, 0.5) is 5.82 Å². The van der Waals surface area contributed by atoms with Crippen molar-refractivity contribution in [2.45, 2.75) is 37.5 Å². The van der Waals surface area contributed by atoms with Crippen LogP contribution in [0.3, 0.4) is 0 Å². The number of imidazole rings is 1. The fraction of sp³-hybridized carbons (Fsp3) is 0.353. The third kappa shape index (κ3) is 2.83. The molecule has 3 N–H and O–H groups in total. The van der Waals surface area contributed by atoms with E-state index in [-0.39, 0.29) is 6.04 Å². The van der Waals surface area contributed by atoms with Crippen molar-refractivity contribution in [3.8, 4) is 11.3 Å². The van der Waals surface area contributed by atoms with Crippen LogP contribution in [0.15, 0.2) is 42.9 Å². The highest BCUT2D eigenvalue weighted by atomic mass is 16.3. The van der Waals surface area contributed by atoms with Gasteiger partial charge in [-0.3, -0.25) is 4.98 Å². The quantitative estimate of drug-likeness (QED) is 0.675. The zero-order valence-electron chi connectivity index (χ0n) is 13.1. The van der Waals surface area contributed by atoms with Crippen molar-refractivity contribution in [3.63, 3.8) is 0 Å². The van der Waals surface area contributed by atoms with E-state index in [0.29, 0.717) is 12.8 Å². The molecular weight excluding hydrogens is 306 g/mol. The number of rotatable bonds is 3. The van der Waals surface area contributed by atoms with Gasteiger partial charge in [-0.25, -0.2) is 9.50 Å². The first-order chi connectivity index (χ1) is 11.7. The molecule has 3 atom stereocenters. The first-order valence-electron chi connectivity index (χ1n) is 8.08. The summed E-state index contributed by atoms with van der Waals surface area (Å²) in [5.41, 5.74) is 2.67. The number of anilines is 1. The van der Waals surface area contributed by atoms with Gasteiger partial charge >= 0.3 is 0 Å². The standard InChI is InChI=1S/C17H19N5O2/c23-14-2-1-12(9-15(14)24)20-16-3-4-17-19-10-13(22(17)21-16)11-5-7-18-8-6-11/h3-8,10,12,14-15,23-24H,1-2,9H2,(H,20,21)/t12-,14-,15+/m1/s1. The van der Waals surface area contributed by atoms with Crippen LogP contribution in [0.2, 0.25) is 0 Å². The molecule has 24 heavy (non-hydrogen) atoms. The van der Waals surface area contributed by atoms with Gasteiger partial charge in [-0.15, -0.1) is 5.10 Å². The highest BCUT2D eigenvalue weighted by molar-refractivity contribution is 5.63. The van der Waals surface area contributed by atoms with Crippen molar-refractivity contribution >= 4 is 11.5 Å². The summed E-state index contributed by atoms with van der Waals surface area (Å²) < 4.78 is 1.80. The summed E-state index contributed by atoms with van der Waals surface area (Å²) in [5.74, 6) is 0.726. The molecule has 1 fully saturated rings. The second-order valence-corrected chi connectivity index (χ2v) is 6.16. The van der Waals surface area contributed by atoms with Crippen LogP contribution in [0, 0.1) is 0 Å². The molecule has 7 nitrogen and oxygen atoms in total. The number of aliphatic hydroxyl groups is 2. The van der Waals surface area contributed by atoms with E-state index in [1.54, 1.807) is 23.1 Å². The largest absolute Gasteiger partial charge is 0.390 e. The monoisotopic (exact) mass is 325 g/mol. The van der Waals surface area contributed by atoms with E-state index in [1.165, 1.54) is 0 Å². The molecule has 1 aliphatic carbocycles. The van der Waals surface area contributed by atoms with Gasteiger partial charge in [0.25, 0.3) is 0 Å². The first kappa shape index (κ1) is 15.0. The van der Waals surface area contributed by atoms with Crippen molar-refractivity contribution in [2.24, 2.45) is 0 Å². The molecule has 0 spiro atoms. The molecule has 3 heterocycles. The molecule has 4 rings (SSSR count). The van der Waals surface area contributed by atoms with Crippen molar-refractivity contribution < 1.29 is 10.2 Å². The third-order valence-corrected chi connectivity index (χ3v) is 4.47. The van der Waals surface area contributed by atoms with E-state index in [4.69, 9.17) is 0 Å². The predicted molar refractivity (Wildman–Crippen MR) is 89.5 cm³/mol. The van der Waals surface area contributed by atoms with Crippen molar-refractivity contribution in [1.29, 1.82) is 0 Å². The maximum Gasteiger partial charge on any atom is 0.154 e. The highest BCUT2D eigenvalue weighted by Crippen LogP contribution is 2.23. The van der Waals surface area contributed by atoms with Gasteiger partial charge < -0.3 is 15.5 Å². The van der Waals surface area contributed by atoms with Crippen LogP contribution < -0.4 is 5.32 Å². The van der Waals surface area contributed by atoms with Crippen molar-refractivity contribution in [3.05, 3.63) is 42.9 Å². The Kier molecular flexibility index (Phi) is 3.87. The Bertz CT molecular complexity index is 835. The fourth-order valence-corrected chi connectivity index (χ4v) is 3.14. The molecule has 0 aliphatic heterocycles. The van der Waals surface area contributed by atoms with Crippen molar-refractivity contribution in [1.82, 2.24) is 19.6 Å². The maximum absolute atomic E-state index is 9.83. The molecule has 1 aliphatic rings. The molecule has 0 aromatic carbocycles. The SMILES string of the molecule is O[C@@H]1CC[C@@H](Nc2ccc3ncc(-c4ccncc4)n3n2)C[C@@H]1O. The number of hydrogen-bond acceptors (Lipinski definition) is 6. The molecule has 1 saturated carbocycles. The Balaban J connectivity index is 1.61. The van der Waals surface area contributed by atoms with E-state index in [2.05, 4.69) is 20.4 Å². The number of pyridine rings is 1. The number of fused-ring (bicyclic) bond motifs is 1. The van der Waals surface area contributed by atoms with Gasteiger partial charge in [0, 0.05) is 24.0 Å². The van der Waals surface area contributed by atoms with Gasteiger partial charge in [-0.2, -0.15) is 0 Å². The molecule has 0 unspecified atom stereocenters.